The van der Waals surface area contributed by atoms with Crippen LogP contribution in [-0.2, 0) is 6.42 Å². The molecule has 0 aliphatic heterocycles. The molecule has 1 unspecified atom stereocenters. The summed E-state index contributed by atoms with van der Waals surface area (Å²) in [4.78, 5) is 0. The highest BCUT2D eigenvalue weighted by Gasteiger charge is 2.20. The van der Waals surface area contributed by atoms with E-state index in [0.29, 0.717) is 0 Å². The Labute approximate surface area is 126 Å². The van der Waals surface area contributed by atoms with E-state index in [4.69, 9.17) is 10.5 Å². The van der Waals surface area contributed by atoms with Crippen molar-refractivity contribution in [3.63, 3.8) is 0 Å². The summed E-state index contributed by atoms with van der Waals surface area (Å²) in [6, 6.07) is 8.76. The van der Waals surface area contributed by atoms with Crippen LogP contribution in [0.5, 0.6) is 5.75 Å². The predicted octanol–water partition coefficient (Wildman–Crippen LogP) is 3.41. The van der Waals surface area contributed by atoms with E-state index in [1.165, 1.54) is 11.1 Å². The summed E-state index contributed by atoms with van der Waals surface area (Å²) in [6.07, 6.45) is 3.58. The van der Waals surface area contributed by atoms with Gasteiger partial charge < -0.3 is 10.5 Å². The highest BCUT2D eigenvalue weighted by molar-refractivity contribution is 5.29. The molecule has 0 aliphatic carbocycles. The van der Waals surface area contributed by atoms with Gasteiger partial charge in [-0.05, 0) is 39.2 Å². The third-order valence-electron chi connectivity index (χ3n) is 3.69. The van der Waals surface area contributed by atoms with Gasteiger partial charge in [0, 0.05) is 6.04 Å². The fourth-order valence-corrected chi connectivity index (χ4v) is 2.60. The van der Waals surface area contributed by atoms with Crippen LogP contribution in [0.25, 0.3) is 0 Å². The van der Waals surface area contributed by atoms with E-state index < -0.39 is 0 Å². The lowest BCUT2D eigenvalue weighted by Gasteiger charge is -2.18. The van der Waals surface area contributed by atoms with Crippen LogP contribution >= 0.6 is 0 Å². The van der Waals surface area contributed by atoms with Crippen LogP contribution < -0.4 is 10.5 Å². The first-order valence-electron chi connectivity index (χ1n) is 7.45. The first-order chi connectivity index (χ1) is 10.0. The summed E-state index contributed by atoms with van der Waals surface area (Å²) < 4.78 is 7.36. The maximum atomic E-state index is 6.40. The van der Waals surface area contributed by atoms with Gasteiger partial charge in [-0.1, -0.05) is 29.8 Å². The van der Waals surface area contributed by atoms with Gasteiger partial charge in [0.15, 0.2) is 5.75 Å². The molecular formula is C17H25N3O. The summed E-state index contributed by atoms with van der Waals surface area (Å²) in [6.45, 7) is 6.31. The Kier molecular flexibility index (Phi) is 5.02. The molecule has 0 aliphatic rings. The van der Waals surface area contributed by atoms with Crippen LogP contribution in [0.2, 0.25) is 0 Å². The largest absolute Gasteiger partial charge is 0.493 e. The molecule has 4 nitrogen and oxygen atoms in total. The van der Waals surface area contributed by atoms with E-state index in [-0.39, 0.29) is 12.1 Å². The molecule has 0 spiro atoms. The third-order valence-corrected chi connectivity index (χ3v) is 3.69. The molecule has 2 rings (SSSR count). The topological polar surface area (TPSA) is 53.1 Å². The maximum Gasteiger partial charge on any atom is 0.161 e. The number of ether oxygens (including phenoxy) is 1. The highest BCUT2D eigenvalue weighted by Crippen LogP contribution is 2.28. The summed E-state index contributed by atoms with van der Waals surface area (Å²) in [5.74, 6) is 0.778. The summed E-state index contributed by atoms with van der Waals surface area (Å²) in [7, 11) is 1.67. The smallest absolute Gasteiger partial charge is 0.161 e. The average Bonchev–Trinajstić information content (AvgIpc) is 2.89. The summed E-state index contributed by atoms with van der Waals surface area (Å²) >= 11 is 0. The van der Waals surface area contributed by atoms with E-state index in [0.717, 1.165) is 24.3 Å². The lowest BCUT2D eigenvalue weighted by atomic mass is 10.0. The second kappa shape index (κ2) is 6.76. The molecule has 114 valence electrons. The van der Waals surface area contributed by atoms with Crippen molar-refractivity contribution in [1.29, 1.82) is 0 Å². The van der Waals surface area contributed by atoms with E-state index in [9.17, 15) is 0 Å². The Morgan fingerprint density at radius 1 is 1.33 bits per heavy atom. The Morgan fingerprint density at radius 3 is 2.71 bits per heavy atom. The number of benzene rings is 1. The number of hydrogen-bond donors (Lipinski definition) is 1. The Hall–Kier alpha value is -1.81. The predicted molar refractivity (Wildman–Crippen MR) is 85.6 cm³/mol. The van der Waals surface area contributed by atoms with Crippen LogP contribution in [0, 0.1) is 6.92 Å². The second-order valence-corrected chi connectivity index (χ2v) is 5.77. The van der Waals surface area contributed by atoms with Gasteiger partial charge in [-0.15, -0.1) is 0 Å². The molecule has 1 atom stereocenters. The molecule has 0 fully saturated rings. The molecule has 0 saturated carbocycles. The molecule has 0 amide bonds. The number of methoxy groups -OCH3 is 1. The molecule has 4 heteroatoms. The van der Waals surface area contributed by atoms with E-state index in [2.05, 4.69) is 50.1 Å². The van der Waals surface area contributed by atoms with E-state index in [1.54, 1.807) is 13.3 Å². The lowest BCUT2D eigenvalue weighted by Crippen LogP contribution is -2.19. The van der Waals surface area contributed by atoms with Gasteiger partial charge in [0.1, 0.15) is 0 Å². The quantitative estimate of drug-likeness (QED) is 0.885. The van der Waals surface area contributed by atoms with Crippen LogP contribution in [0.3, 0.4) is 0 Å². The van der Waals surface area contributed by atoms with Crippen molar-refractivity contribution < 1.29 is 4.74 Å². The third kappa shape index (κ3) is 3.64. The van der Waals surface area contributed by atoms with Gasteiger partial charge in [0.05, 0.1) is 25.0 Å². The van der Waals surface area contributed by atoms with Crippen LogP contribution in [-0.4, -0.2) is 16.9 Å². The van der Waals surface area contributed by atoms with E-state index >= 15 is 0 Å². The van der Waals surface area contributed by atoms with Gasteiger partial charge >= 0.3 is 0 Å². The normalized spacial score (nSPS) is 12.7. The van der Waals surface area contributed by atoms with Crippen molar-refractivity contribution in [2.24, 2.45) is 5.73 Å². The number of aryl methyl sites for hydroxylation is 2. The van der Waals surface area contributed by atoms with Gasteiger partial charge in [-0.3, -0.25) is 4.68 Å². The zero-order chi connectivity index (χ0) is 15.4. The molecule has 0 bridgehead atoms. The van der Waals surface area contributed by atoms with Gasteiger partial charge in [0.2, 0.25) is 0 Å². The molecule has 1 aromatic carbocycles. The monoisotopic (exact) mass is 287 g/mol. The highest BCUT2D eigenvalue weighted by atomic mass is 16.5. The van der Waals surface area contributed by atoms with Crippen molar-refractivity contribution in [2.75, 3.05) is 7.11 Å². The SMILES string of the molecule is COc1cnn(C(C)C)c1C(N)CCc1cccc(C)c1. The Bertz CT molecular complexity index is 589. The molecule has 2 N–H and O–H groups in total. The number of nitrogens with two attached hydrogens (primary N) is 1. The molecule has 21 heavy (non-hydrogen) atoms. The fourth-order valence-electron chi connectivity index (χ4n) is 2.60. The fraction of sp³-hybridized carbons (Fsp3) is 0.471. The minimum Gasteiger partial charge on any atom is -0.493 e. The van der Waals surface area contributed by atoms with E-state index in [1.807, 2.05) is 4.68 Å². The number of rotatable bonds is 6. The second-order valence-electron chi connectivity index (χ2n) is 5.77. The van der Waals surface area contributed by atoms with Crippen LogP contribution in [0.15, 0.2) is 30.5 Å². The van der Waals surface area contributed by atoms with Crippen molar-refractivity contribution in [3.8, 4) is 5.75 Å². The number of hydrogen-bond acceptors (Lipinski definition) is 3. The van der Waals surface area contributed by atoms with Gasteiger partial charge in [0.25, 0.3) is 0 Å². The minimum absolute atomic E-state index is 0.0784. The van der Waals surface area contributed by atoms with Crippen LogP contribution in [0.1, 0.15) is 49.2 Å². The van der Waals surface area contributed by atoms with Crippen molar-refractivity contribution in [3.05, 3.63) is 47.3 Å². The summed E-state index contributed by atoms with van der Waals surface area (Å²) in [5.41, 5.74) is 9.99. The number of nitrogens with zero attached hydrogens (tertiary/aromatic N) is 2. The maximum absolute atomic E-state index is 6.40. The molecular weight excluding hydrogens is 262 g/mol. The Balaban J connectivity index is 2.13. The van der Waals surface area contributed by atoms with Gasteiger partial charge in [-0.2, -0.15) is 5.10 Å². The molecule has 0 radical (unpaired) electrons. The van der Waals surface area contributed by atoms with Crippen molar-refractivity contribution in [1.82, 2.24) is 9.78 Å². The molecule has 0 saturated heterocycles. The van der Waals surface area contributed by atoms with Crippen molar-refractivity contribution in [2.45, 2.75) is 45.7 Å². The minimum atomic E-state index is -0.0784. The van der Waals surface area contributed by atoms with Gasteiger partial charge in [-0.25, -0.2) is 0 Å². The standard InChI is InChI=1S/C17H25N3O/c1-12(2)20-17(16(21-4)11-19-20)15(18)9-8-14-7-5-6-13(3)10-14/h5-7,10-12,15H,8-9,18H2,1-4H3. The number of aromatic nitrogens is 2. The van der Waals surface area contributed by atoms with Crippen molar-refractivity contribution >= 4 is 0 Å². The molecule has 2 aromatic rings. The first-order valence-corrected chi connectivity index (χ1v) is 7.45. The zero-order valence-corrected chi connectivity index (χ0v) is 13.3. The van der Waals surface area contributed by atoms with Crippen LogP contribution in [0.4, 0.5) is 0 Å². The Morgan fingerprint density at radius 2 is 2.10 bits per heavy atom. The molecule has 1 heterocycles. The first kappa shape index (κ1) is 15.6. The zero-order valence-electron chi connectivity index (χ0n) is 13.3. The molecule has 1 aromatic heterocycles. The lowest BCUT2D eigenvalue weighted by molar-refractivity contribution is 0.394. The average molecular weight is 287 g/mol. The summed E-state index contributed by atoms with van der Waals surface area (Å²) in [5, 5.41) is 4.39.